The number of rotatable bonds is 1. The first-order valence-electron chi connectivity index (χ1n) is 4.26. The normalized spacial score (nSPS) is 10.4. The van der Waals surface area contributed by atoms with Gasteiger partial charge in [-0.05, 0) is 6.92 Å². The lowest BCUT2D eigenvalue weighted by atomic mass is 10.4. The van der Waals surface area contributed by atoms with Crippen molar-refractivity contribution >= 4 is 17.0 Å². The second-order valence-electron chi connectivity index (χ2n) is 2.73. The van der Waals surface area contributed by atoms with E-state index in [1.165, 1.54) is 10.9 Å². The zero-order valence-corrected chi connectivity index (χ0v) is 7.67. The Morgan fingerprint density at radius 2 is 2.43 bits per heavy atom. The van der Waals surface area contributed by atoms with Gasteiger partial charge >= 0.3 is 6.09 Å². The molecule has 0 bridgehead atoms. The Morgan fingerprint density at radius 3 is 3.14 bits per heavy atom. The van der Waals surface area contributed by atoms with Gasteiger partial charge < -0.3 is 4.74 Å². The quantitative estimate of drug-likeness (QED) is 0.684. The molecule has 0 saturated carbocycles. The van der Waals surface area contributed by atoms with Crippen molar-refractivity contribution in [1.82, 2.24) is 14.5 Å². The summed E-state index contributed by atoms with van der Waals surface area (Å²) in [7, 11) is 0. The lowest BCUT2D eigenvalue weighted by Gasteiger charge is -1.99. The van der Waals surface area contributed by atoms with Crippen molar-refractivity contribution in [3.8, 4) is 0 Å². The molecule has 0 spiro atoms. The molecule has 2 heterocycles. The lowest BCUT2D eigenvalue weighted by Crippen LogP contribution is -2.10. The summed E-state index contributed by atoms with van der Waals surface area (Å²) in [6.45, 7) is 2.12. The average molecular weight is 191 g/mol. The van der Waals surface area contributed by atoms with Crippen LogP contribution in [0, 0.1) is 0 Å². The van der Waals surface area contributed by atoms with Crippen LogP contribution >= 0.6 is 0 Å². The molecular weight excluding hydrogens is 182 g/mol. The predicted molar refractivity (Wildman–Crippen MR) is 49.9 cm³/mol. The van der Waals surface area contributed by atoms with Gasteiger partial charge in [-0.2, -0.15) is 0 Å². The first-order valence-corrected chi connectivity index (χ1v) is 4.26. The summed E-state index contributed by atoms with van der Waals surface area (Å²) in [5, 5.41) is 0.820. The minimum absolute atomic E-state index is 0.360. The number of ether oxygens (including phenoxy) is 1. The van der Waals surface area contributed by atoms with Crippen molar-refractivity contribution in [2.45, 2.75) is 6.92 Å². The number of carbonyl (C=O) groups excluding carboxylic acids is 1. The molecule has 5 nitrogen and oxygen atoms in total. The van der Waals surface area contributed by atoms with E-state index < -0.39 is 6.09 Å². The van der Waals surface area contributed by atoms with E-state index in [1.807, 2.05) is 0 Å². The lowest BCUT2D eigenvalue weighted by molar-refractivity contribution is 0.154. The molecule has 0 saturated heterocycles. The second-order valence-corrected chi connectivity index (χ2v) is 2.73. The van der Waals surface area contributed by atoms with E-state index in [2.05, 4.69) is 9.97 Å². The van der Waals surface area contributed by atoms with Crippen molar-refractivity contribution in [3.05, 3.63) is 24.9 Å². The van der Waals surface area contributed by atoms with E-state index >= 15 is 0 Å². The maximum Gasteiger partial charge on any atom is 0.418 e. The first-order chi connectivity index (χ1) is 6.81. The van der Waals surface area contributed by atoms with Gasteiger partial charge in [0.25, 0.3) is 0 Å². The molecule has 0 amide bonds. The van der Waals surface area contributed by atoms with Crippen molar-refractivity contribution in [2.75, 3.05) is 6.61 Å². The van der Waals surface area contributed by atoms with Crippen LogP contribution in [0.1, 0.15) is 6.92 Å². The third-order valence-electron chi connectivity index (χ3n) is 1.79. The fourth-order valence-electron chi connectivity index (χ4n) is 1.18. The Morgan fingerprint density at radius 1 is 1.57 bits per heavy atom. The SMILES string of the molecule is CCOC(=O)n1cc2cncnc2c1. The van der Waals surface area contributed by atoms with E-state index in [9.17, 15) is 4.79 Å². The molecule has 0 aliphatic heterocycles. The zero-order chi connectivity index (χ0) is 9.97. The zero-order valence-electron chi connectivity index (χ0n) is 7.67. The number of nitrogens with zero attached hydrogens (tertiary/aromatic N) is 3. The maximum atomic E-state index is 11.3. The summed E-state index contributed by atoms with van der Waals surface area (Å²) in [6, 6.07) is 0. The van der Waals surface area contributed by atoms with Crippen LogP contribution in [0.15, 0.2) is 24.9 Å². The number of fused-ring (bicyclic) bond motifs is 1. The van der Waals surface area contributed by atoms with E-state index in [-0.39, 0.29) is 0 Å². The molecule has 0 aliphatic carbocycles. The van der Waals surface area contributed by atoms with Crippen LogP contribution < -0.4 is 0 Å². The molecule has 72 valence electrons. The van der Waals surface area contributed by atoms with Gasteiger partial charge in [-0.1, -0.05) is 0 Å². The highest BCUT2D eigenvalue weighted by molar-refractivity contribution is 5.83. The van der Waals surface area contributed by atoms with Crippen molar-refractivity contribution in [2.24, 2.45) is 0 Å². The molecule has 0 fully saturated rings. The summed E-state index contributed by atoms with van der Waals surface area (Å²) >= 11 is 0. The van der Waals surface area contributed by atoms with Crippen LogP contribution in [0.5, 0.6) is 0 Å². The number of aromatic nitrogens is 3. The van der Waals surface area contributed by atoms with Gasteiger partial charge in [-0.3, -0.25) is 4.57 Å². The smallest absolute Gasteiger partial charge is 0.418 e. The molecule has 0 N–H and O–H groups in total. The van der Waals surface area contributed by atoms with E-state index in [0.29, 0.717) is 6.61 Å². The molecule has 0 aromatic carbocycles. The fourth-order valence-corrected chi connectivity index (χ4v) is 1.18. The third kappa shape index (κ3) is 1.44. The predicted octanol–water partition coefficient (Wildman–Crippen LogP) is 1.44. The molecule has 14 heavy (non-hydrogen) atoms. The van der Waals surface area contributed by atoms with Crippen LogP contribution in [-0.4, -0.2) is 27.2 Å². The Balaban J connectivity index is 2.40. The van der Waals surface area contributed by atoms with Crippen LogP contribution in [0.2, 0.25) is 0 Å². The van der Waals surface area contributed by atoms with Gasteiger partial charge in [0.05, 0.1) is 12.1 Å². The largest absolute Gasteiger partial charge is 0.449 e. The molecular formula is C9H9N3O2. The summed E-state index contributed by atoms with van der Waals surface area (Å²) in [5.74, 6) is 0. The van der Waals surface area contributed by atoms with Gasteiger partial charge in [-0.15, -0.1) is 0 Å². The Hall–Kier alpha value is -1.91. The summed E-state index contributed by atoms with van der Waals surface area (Å²) < 4.78 is 6.20. The monoisotopic (exact) mass is 191 g/mol. The molecule has 0 aliphatic rings. The highest BCUT2D eigenvalue weighted by Crippen LogP contribution is 2.10. The third-order valence-corrected chi connectivity index (χ3v) is 1.79. The van der Waals surface area contributed by atoms with Gasteiger partial charge in [0.1, 0.15) is 6.33 Å². The first kappa shape index (κ1) is 8.68. The highest BCUT2D eigenvalue weighted by Gasteiger charge is 2.06. The molecule has 0 radical (unpaired) electrons. The molecule has 0 atom stereocenters. The van der Waals surface area contributed by atoms with Crippen molar-refractivity contribution < 1.29 is 9.53 Å². The molecule has 2 aromatic heterocycles. The van der Waals surface area contributed by atoms with E-state index in [4.69, 9.17) is 4.74 Å². The van der Waals surface area contributed by atoms with Crippen molar-refractivity contribution in [1.29, 1.82) is 0 Å². The van der Waals surface area contributed by atoms with Gasteiger partial charge in [-0.25, -0.2) is 14.8 Å². The minimum Gasteiger partial charge on any atom is -0.449 e. The van der Waals surface area contributed by atoms with Crippen molar-refractivity contribution in [3.63, 3.8) is 0 Å². The topological polar surface area (TPSA) is 57.0 Å². The number of carbonyl (C=O) groups is 1. The van der Waals surface area contributed by atoms with Gasteiger partial charge in [0.2, 0.25) is 0 Å². The van der Waals surface area contributed by atoms with Crippen LogP contribution in [0.25, 0.3) is 10.9 Å². The Kier molecular flexibility index (Phi) is 2.14. The van der Waals surface area contributed by atoms with Gasteiger partial charge in [0.15, 0.2) is 0 Å². The second kappa shape index (κ2) is 3.45. The molecule has 2 rings (SSSR count). The molecule has 2 aromatic rings. The maximum absolute atomic E-state index is 11.3. The summed E-state index contributed by atoms with van der Waals surface area (Å²) in [4.78, 5) is 19.2. The van der Waals surface area contributed by atoms with Gasteiger partial charge in [0, 0.05) is 24.0 Å². The highest BCUT2D eigenvalue weighted by atomic mass is 16.5. The Bertz CT molecular complexity index is 431. The Labute approximate surface area is 80.3 Å². The standard InChI is InChI=1S/C9H9N3O2/c1-2-14-9(13)12-4-7-3-10-6-11-8(7)5-12/h3-6H,2H2,1H3. The average Bonchev–Trinajstić information content (AvgIpc) is 2.61. The summed E-state index contributed by atoms with van der Waals surface area (Å²) in [6.07, 6.45) is 5.96. The fraction of sp³-hybridized carbons (Fsp3) is 0.222. The summed E-state index contributed by atoms with van der Waals surface area (Å²) in [5.41, 5.74) is 0.730. The molecule has 5 heteroatoms. The van der Waals surface area contributed by atoms with Crippen LogP contribution in [0.3, 0.4) is 0 Å². The van der Waals surface area contributed by atoms with E-state index in [0.717, 1.165) is 10.9 Å². The molecule has 0 unspecified atom stereocenters. The van der Waals surface area contributed by atoms with Crippen LogP contribution in [0.4, 0.5) is 4.79 Å². The minimum atomic E-state index is -0.398. The van der Waals surface area contributed by atoms with Crippen LogP contribution in [-0.2, 0) is 4.74 Å². The number of hydrogen-bond acceptors (Lipinski definition) is 4. The van der Waals surface area contributed by atoms with E-state index in [1.54, 1.807) is 25.5 Å². The number of hydrogen-bond donors (Lipinski definition) is 0.